The Morgan fingerprint density at radius 2 is 1.48 bits per heavy atom. The lowest BCUT2D eigenvalue weighted by Gasteiger charge is -2.09. The Morgan fingerprint density at radius 3 is 2.08 bits per heavy atom. The molecule has 0 saturated heterocycles. The smallest absolute Gasteiger partial charge is 0.269 e. The second kappa shape index (κ2) is 9.32. The SMILES string of the molecule is CCOc1ccc(OCCC(=O)NNC(=O)c2ccc(C)cc2)cc1. The number of benzene rings is 2. The number of rotatable bonds is 7. The molecular weight excluding hydrogens is 320 g/mol. The molecule has 0 unspecified atom stereocenters. The number of aryl methyl sites for hydroxylation is 1. The second-order valence-electron chi connectivity index (χ2n) is 5.37. The molecule has 0 radical (unpaired) electrons. The summed E-state index contributed by atoms with van der Waals surface area (Å²) in [6, 6.07) is 14.2. The van der Waals surface area contributed by atoms with Crippen LogP contribution in [0.25, 0.3) is 0 Å². The van der Waals surface area contributed by atoms with Gasteiger partial charge in [0.05, 0.1) is 19.6 Å². The number of hydrogen-bond donors (Lipinski definition) is 2. The molecule has 2 rings (SSSR count). The van der Waals surface area contributed by atoms with E-state index in [1.807, 2.05) is 26.0 Å². The van der Waals surface area contributed by atoms with Gasteiger partial charge < -0.3 is 9.47 Å². The van der Waals surface area contributed by atoms with Gasteiger partial charge in [-0.3, -0.25) is 20.4 Å². The van der Waals surface area contributed by atoms with Crippen LogP contribution in [-0.2, 0) is 4.79 Å². The zero-order chi connectivity index (χ0) is 18.1. The third kappa shape index (κ3) is 6.18. The van der Waals surface area contributed by atoms with E-state index in [1.165, 1.54) is 0 Å². The fourth-order valence-electron chi connectivity index (χ4n) is 2.03. The van der Waals surface area contributed by atoms with Crippen molar-refractivity contribution in [2.75, 3.05) is 13.2 Å². The maximum Gasteiger partial charge on any atom is 0.269 e. The first-order chi connectivity index (χ1) is 12.1. The number of ether oxygens (including phenoxy) is 2. The van der Waals surface area contributed by atoms with Crippen LogP contribution >= 0.6 is 0 Å². The summed E-state index contributed by atoms with van der Waals surface area (Å²) in [7, 11) is 0. The molecule has 0 saturated carbocycles. The summed E-state index contributed by atoms with van der Waals surface area (Å²) in [5, 5.41) is 0. The number of carbonyl (C=O) groups excluding carboxylic acids is 2. The molecule has 2 amide bonds. The van der Waals surface area contributed by atoms with Gasteiger partial charge in [-0.15, -0.1) is 0 Å². The first kappa shape index (κ1) is 18.3. The standard InChI is InChI=1S/C19H22N2O4/c1-3-24-16-8-10-17(11-9-16)25-13-12-18(22)20-21-19(23)15-6-4-14(2)5-7-15/h4-11H,3,12-13H2,1-2H3,(H,20,22)(H,21,23). The maximum atomic E-state index is 11.9. The van der Waals surface area contributed by atoms with Crippen LogP contribution in [-0.4, -0.2) is 25.0 Å². The summed E-state index contributed by atoms with van der Waals surface area (Å²) in [6.07, 6.45) is 0.126. The largest absolute Gasteiger partial charge is 0.494 e. The fourth-order valence-corrected chi connectivity index (χ4v) is 2.03. The predicted octanol–water partition coefficient (Wildman–Crippen LogP) is 2.62. The highest BCUT2D eigenvalue weighted by Gasteiger charge is 2.07. The Kier molecular flexibility index (Phi) is 6.83. The molecule has 0 spiro atoms. The first-order valence-corrected chi connectivity index (χ1v) is 8.10. The van der Waals surface area contributed by atoms with Gasteiger partial charge in [-0.25, -0.2) is 0 Å². The zero-order valence-corrected chi connectivity index (χ0v) is 14.4. The van der Waals surface area contributed by atoms with Crippen LogP contribution in [0.3, 0.4) is 0 Å². The quantitative estimate of drug-likeness (QED) is 0.759. The summed E-state index contributed by atoms with van der Waals surface area (Å²) >= 11 is 0. The van der Waals surface area contributed by atoms with Crippen molar-refractivity contribution in [3.8, 4) is 11.5 Å². The van der Waals surface area contributed by atoms with Crippen molar-refractivity contribution in [3.05, 3.63) is 59.7 Å². The molecule has 0 bridgehead atoms. The third-order valence-electron chi connectivity index (χ3n) is 3.36. The van der Waals surface area contributed by atoms with E-state index >= 15 is 0 Å². The summed E-state index contributed by atoms with van der Waals surface area (Å²) in [5.74, 6) is 0.735. The molecule has 2 aromatic carbocycles. The molecule has 132 valence electrons. The van der Waals surface area contributed by atoms with Crippen LogP contribution in [0.15, 0.2) is 48.5 Å². The van der Waals surface area contributed by atoms with Crippen molar-refractivity contribution < 1.29 is 19.1 Å². The number of hydrogen-bond acceptors (Lipinski definition) is 4. The number of nitrogens with one attached hydrogen (secondary N) is 2. The van der Waals surface area contributed by atoms with Crippen LogP contribution in [0.1, 0.15) is 29.3 Å². The molecule has 0 atom stereocenters. The van der Waals surface area contributed by atoms with Crippen LogP contribution in [0.2, 0.25) is 0 Å². The monoisotopic (exact) mass is 342 g/mol. The number of hydrazine groups is 1. The highest BCUT2D eigenvalue weighted by Crippen LogP contribution is 2.17. The Morgan fingerprint density at radius 1 is 0.880 bits per heavy atom. The molecule has 6 nitrogen and oxygen atoms in total. The topological polar surface area (TPSA) is 76.7 Å². The third-order valence-corrected chi connectivity index (χ3v) is 3.36. The van der Waals surface area contributed by atoms with Crippen LogP contribution in [0.5, 0.6) is 11.5 Å². The summed E-state index contributed by atoms with van der Waals surface area (Å²) in [4.78, 5) is 23.6. The minimum Gasteiger partial charge on any atom is -0.494 e. The van der Waals surface area contributed by atoms with Crippen molar-refractivity contribution in [3.63, 3.8) is 0 Å². The molecule has 0 aromatic heterocycles. The maximum absolute atomic E-state index is 11.9. The minimum atomic E-state index is -0.360. The van der Waals surface area contributed by atoms with Crippen molar-refractivity contribution in [1.29, 1.82) is 0 Å². The Bertz CT molecular complexity index is 696. The zero-order valence-electron chi connectivity index (χ0n) is 14.4. The first-order valence-electron chi connectivity index (χ1n) is 8.10. The van der Waals surface area contributed by atoms with E-state index in [4.69, 9.17) is 9.47 Å². The van der Waals surface area contributed by atoms with Gasteiger partial charge in [-0.05, 0) is 50.2 Å². The average molecular weight is 342 g/mol. The molecule has 0 aliphatic rings. The van der Waals surface area contributed by atoms with E-state index in [2.05, 4.69) is 10.9 Å². The van der Waals surface area contributed by atoms with Gasteiger partial charge in [0.15, 0.2) is 0 Å². The predicted molar refractivity (Wildman–Crippen MR) is 94.5 cm³/mol. The van der Waals surface area contributed by atoms with Crippen LogP contribution < -0.4 is 20.3 Å². The van der Waals surface area contributed by atoms with Crippen molar-refractivity contribution in [1.82, 2.24) is 10.9 Å². The fraction of sp³-hybridized carbons (Fsp3) is 0.263. The minimum absolute atomic E-state index is 0.126. The summed E-state index contributed by atoms with van der Waals surface area (Å²) < 4.78 is 10.8. The van der Waals surface area contributed by atoms with E-state index in [-0.39, 0.29) is 24.8 Å². The molecule has 25 heavy (non-hydrogen) atoms. The number of amides is 2. The Labute approximate surface area is 147 Å². The van der Waals surface area contributed by atoms with E-state index in [1.54, 1.807) is 36.4 Å². The van der Waals surface area contributed by atoms with Crippen LogP contribution in [0, 0.1) is 6.92 Å². The molecule has 0 heterocycles. The van der Waals surface area contributed by atoms with E-state index in [0.717, 1.165) is 11.3 Å². The highest BCUT2D eigenvalue weighted by atomic mass is 16.5. The van der Waals surface area contributed by atoms with E-state index in [9.17, 15) is 9.59 Å². The van der Waals surface area contributed by atoms with Gasteiger partial charge in [0.2, 0.25) is 5.91 Å². The van der Waals surface area contributed by atoms with E-state index < -0.39 is 0 Å². The molecule has 2 N–H and O–H groups in total. The molecule has 0 aliphatic heterocycles. The van der Waals surface area contributed by atoms with Gasteiger partial charge in [0.1, 0.15) is 11.5 Å². The lowest BCUT2D eigenvalue weighted by molar-refractivity contribution is -0.122. The molecular formula is C19H22N2O4. The molecule has 6 heteroatoms. The molecule has 2 aromatic rings. The lowest BCUT2D eigenvalue weighted by Crippen LogP contribution is -2.42. The van der Waals surface area contributed by atoms with Crippen LogP contribution in [0.4, 0.5) is 0 Å². The van der Waals surface area contributed by atoms with Gasteiger partial charge in [0, 0.05) is 5.56 Å². The Hall–Kier alpha value is -3.02. The molecule has 0 fully saturated rings. The number of carbonyl (C=O) groups is 2. The van der Waals surface area contributed by atoms with E-state index in [0.29, 0.717) is 17.9 Å². The average Bonchev–Trinajstić information content (AvgIpc) is 2.62. The van der Waals surface area contributed by atoms with Gasteiger partial charge in [-0.1, -0.05) is 17.7 Å². The van der Waals surface area contributed by atoms with Crippen molar-refractivity contribution >= 4 is 11.8 Å². The normalized spacial score (nSPS) is 10.0. The molecule has 0 aliphatic carbocycles. The van der Waals surface area contributed by atoms with Gasteiger partial charge >= 0.3 is 0 Å². The second-order valence-corrected chi connectivity index (χ2v) is 5.37. The lowest BCUT2D eigenvalue weighted by atomic mass is 10.1. The van der Waals surface area contributed by atoms with Crippen molar-refractivity contribution in [2.45, 2.75) is 20.3 Å². The van der Waals surface area contributed by atoms with Crippen molar-refractivity contribution in [2.24, 2.45) is 0 Å². The van der Waals surface area contributed by atoms with Gasteiger partial charge in [0.25, 0.3) is 5.91 Å². The van der Waals surface area contributed by atoms with Gasteiger partial charge in [-0.2, -0.15) is 0 Å². The Balaban J connectivity index is 1.68. The highest BCUT2D eigenvalue weighted by molar-refractivity contribution is 5.95. The summed E-state index contributed by atoms with van der Waals surface area (Å²) in [5.41, 5.74) is 6.29. The summed E-state index contributed by atoms with van der Waals surface area (Å²) in [6.45, 7) is 4.67.